The Bertz CT molecular complexity index is 897. The van der Waals surface area contributed by atoms with Crippen molar-refractivity contribution in [2.75, 3.05) is 13.7 Å². The number of ether oxygens (including phenoxy) is 1. The Morgan fingerprint density at radius 1 is 1.46 bits per heavy atom. The van der Waals surface area contributed by atoms with Crippen LogP contribution in [0.3, 0.4) is 0 Å². The van der Waals surface area contributed by atoms with Crippen LogP contribution in [0.15, 0.2) is 36.7 Å². The van der Waals surface area contributed by atoms with E-state index in [1.165, 1.54) is 0 Å². The van der Waals surface area contributed by atoms with Crippen LogP contribution in [0.25, 0.3) is 0 Å². The summed E-state index contributed by atoms with van der Waals surface area (Å²) in [7, 11) is 1.55. The lowest BCUT2D eigenvalue weighted by atomic mass is 9.92. The highest BCUT2D eigenvalue weighted by atomic mass is 35.5. The molecule has 0 bridgehead atoms. The van der Waals surface area contributed by atoms with Gasteiger partial charge in [-0.15, -0.1) is 0 Å². The van der Waals surface area contributed by atoms with Gasteiger partial charge in [0.15, 0.2) is 0 Å². The van der Waals surface area contributed by atoms with Crippen LogP contribution in [0.5, 0.6) is 5.75 Å². The summed E-state index contributed by atoms with van der Waals surface area (Å²) in [5.74, 6) is 0.478. The molecule has 3 rings (SSSR count). The zero-order chi connectivity index (χ0) is 20.1. The molecule has 2 unspecified atom stereocenters. The first-order valence-corrected chi connectivity index (χ1v) is 9.57. The maximum absolute atomic E-state index is 13.0. The number of aliphatic hydroxyl groups is 1. The number of carbonyl (C=O) groups is 1. The number of pyridine rings is 1. The van der Waals surface area contributed by atoms with Gasteiger partial charge in [0.25, 0.3) is 0 Å². The maximum Gasteiger partial charge on any atom is 0.227 e. The molecule has 6 nitrogen and oxygen atoms in total. The molecular weight excluding hydrogens is 378 g/mol. The number of likely N-dealkylation sites (tertiary alicyclic amines) is 1. The second-order valence-corrected chi connectivity index (χ2v) is 7.22. The third-order valence-electron chi connectivity index (χ3n) is 5.09. The maximum atomic E-state index is 13.0. The number of hydrogen-bond acceptors (Lipinski definition) is 5. The Hall–Kier alpha value is -2.62. The van der Waals surface area contributed by atoms with Crippen molar-refractivity contribution in [1.29, 1.82) is 5.26 Å². The van der Waals surface area contributed by atoms with Crippen molar-refractivity contribution in [2.45, 2.75) is 37.8 Å². The minimum Gasteiger partial charge on any atom is -0.496 e. The summed E-state index contributed by atoms with van der Waals surface area (Å²) < 4.78 is 5.34. The molecule has 1 aliphatic rings. The van der Waals surface area contributed by atoms with Crippen LogP contribution in [0, 0.1) is 11.3 Å². The number of aromatic nitrogens is 1. The standard InChI is InChI=1S/C21H22ClN3O3/c1-28-19-7-8-24-13-16(19)21(27)18-4-2-3-9-25(18)20(26)11-14-5-6-15(12-23)17(22)10-14/h5-8,10,13,18,21,27H,2-4,9,11H2,1H3. The van der Waals surface area contributed by atoms with Gasteiger partial charge in [0.1, 0.15) is 17.9 Å². The number of methoxy groups -OCH3 is 1. The second kappa shape index (κ2) is 9.05. The Labute approximate surface area is 169 Å². The number of piperidine rings is 1. The normalized spacial score (nSPS) is 17.6. The van der Waals surface area contributed by atoms with Gasteiger partial charge in [0.05, 0.1) is 30.2 Å². The van der Waals surface area contributed by atoms with Crippen LogP contribution >= 0.6 is 11.6 Å². The van der Waals surface area contributed by atoms with Crippen LogP contribution in [0.1, 0.15) is 42.1 Å². The van der Waals surface area contributed by atoms with Crippen molar-refractivity contribution >= 4 is 17.5 Å². The summed E-state index contributed by atoms with van der Waals surface area (Å²) in [6.07, 6.45) is 5.02. The van der Waals surface area contributed by atoms with Gasteiger partial charge in [-0.3, -0.25) is 9.78 Å². The number of benzene rings is 1. The molecule has 1 fully saturated rings. The Kier molecular flexibility index (Phi) is 6.50. The van der Waals surface area contributed by atoms with Gasteiger partial charge in [-0.1, -0.05) is 17.7 Å². The molecule has 1 aromatic heterocycles. The van der Waals surface area contributed by atoms with E-state index in [4.69, 9.17) is 21.6 Å². The third-order valence-corrected chi connectivity index (χ3v) is 5.40. The van der Waals surface area contributed by atoms with Crippen LogP contribution in [0.4, 0.5) is 0 Å². The van der Waals surface area contributed by atoms with Crippen molar-refractivity contribution in [3.05, 3.63) is 58.4 Å². The van der Waals surface area contributed by atoms with E-state index < -0.39 is 6.10 Å². The van der Waals surface area contributed by atoms with E-state index >= 15 is 0 Å². The Balaban J connectivity index is 1.80. The molecule has 28 heavy (non-hydrogen) atoms. The lowest BCUT2D eigenvalue weighted by molar-refractivity contribution is -0.137. The second-order valence-electron chi connectivity index (χ2n) is 6.82. The summed E-state index contributed by atoms with van der Waals surface area (Å²) in [4.78, 5) is 18.8. The molecule has 2 atom stereocenters. The first-order chi connectivity index (χ1) is 13.5. The SMILES string of the molecule is COc1ccncc1C(O)C1CCCCN1C(=O)Cc1ccc(C#N)c(Cl)c1. The topological polar surface area (TPSA) is 86.5 Å². The van der Waals surface area contributed by atoms with Gasteiger partial charge < -0.3 is 14.7 Å². The average molecular weight is 400 g/mol. The molecule has 0 spiro atoms. The van der Waals surface area contributed by atoms with Crippen LogP contribution < -0.4 is 4.74 Å². The number of aliphatic hydroxyl groups excluding tert-OH is 1. The van der Waals surface area contributed by atoms with Crippen molar-refractivity contribution < 1.29 is 14.6 Å². The number of halogens is 1. The van der Waals surface area contributed by atoms with Crippen molar-refractivity contribution in [3.8, 4) is 11.8 Å². The highest BCUT2D eigenvalue weighted by molar-refractivity contribution is 6.31. The number of nitriles is 1. The van der Waals surface area contributed by atoms with Crippen molar-refractivity contribution in [1.82, 2.24) is 9.88 Å². The molecule has 1 aliphatic heterocycles. The van der Waals surface area contributed by atoms with E-state index in [0.29, 0.717) is 34.9 Å². The van der Waals surface area contributed by atoms with Crippen molar-refractivity contribution in [2.24, 2.45) is 0 Å². The van der Waals surface area contributed by atoms with Crippen LogP contribution in [-0.4, -0.2) is 40.6 Å². The molecule has 2 heterocycles. The first kappa shape index (κ1) is 20.1. The molecule has 2 aromatic rings. The van der Waals surface area contributed by atoms with Crippen LogP contribution in [-0.2, 0) is 11.2 Å². The minimum absolute atomic E-state index is 0.0765. The molecule has 7 heteroatoms. The number of amides is 1. The van der Waals surface area contributed by atoms with Gasteiger partial charge in [-0.2, -0.15) is 5.26 Å². The molecule has 1 saturated heterocycles. The fourth-order valence-corrected chi connectivity index (χ4v) is 3.89. The summed E-state index contributed by atoms with van der Waals surface area (Å²) in [5, 5.41) is 20.3. The van der Waals surface area contributed by atoms with Crippen LogP contribution in [0.2, 0.25) is 5.02 Å². The molecule has 0 saturated carbocycles. The molecule has 1 amide bonds. The number of carbonyl (C=O) groups excluding carboxylic acids is 1. The van der Waals surface area contributed by atoms with Gasteiger partial charge in [0.2, 0.25) is 5.91 Å². The lowest BCUT2D eigenvalue weighted by Gasteiger charge is -2.39. The largest absolute Gasteiger partial charge is 0.496 e. The number of rotatable bonds is 5. The van der Waals surface area contributed by atoms with Gasteiger partial charge in [0, 0.05) is 24.5 Å². The summed E-state index contributed by atoms with van der Waals surface area (Å²) in [6, 6.07) is 8.38. The predicted molar refractivity (Wildman–Crippen MR) is 105 cm³/mol. The zero-order valence-electron chi connectivity index (χ0n) is 15.6. The molecule has 1 N–H and O–H groups in total. The molecule has 1 aromatic carbocycles. The van der Waals surface area contributed by atoms with E-state index in [1.807, 2.05) is 6.07 Å². The predicted octanol–water partition coefficient (Wildman–Crippen LogP) is 3.27. The van der Waals surface area contributed by atoms with Crippen molar-refractivity contribution in [3.63, 3.8) is 0 Å². The van der Waals surface area contributed by atoms with E-state index in [9.17, 15) is 9.90 Å². The van der Waals surface area contributed by atoms with E-state index in [-0.39, 0.29) is 18.4 Å². The molecule has 0 aliphatic carbocycles. The monoisotopic (exact) mass is 399 g/mol. The number of nitrogens with zero attached hydrogens (tertiary/aromatic N) is 3. The van der Waals surface area contributed by atoms with Gasteiger partial charge >= 0.3 is 0 Å². The third kappa shape index (κ3) is 4.27. The average Bonchev–Trinajstić information content (AvgIpc) is 2.73. The Morgan fingerprint density at radius 3 is 3.00 bits per heavy atom. The quantitative estimate of drug-likeness (QED) is 0.833. The molecule has 146 valence electrons. The summed E-state index contributed by atoms with van der Waals surface area (Å²) >= 11 is 6.08. The number of hydrogen-bond donors (Lipinski definition) is 1. The van der Waals surface area contributed by atoms with E-state index in [1.54, 1.807) is 48.7 Å². The van der Waals surface area contributed by atoms with E-state index in [0.717, 1.165) is 18.4 Å². The summed E-state index contributed by atoms with van der Waals surface area (Å²) in [6.45, 7) is 0.590. The summed E-state index contributed by atoms with van der Waals surface area (Å²) in [5.41, 5.74) is 1.70. The Morgan fingerprint density at radius 2 is 2.29 bits per heavy atom. The molecule has 0 radical (unpaired) electrons. The zero-order valence-corrected chi connectivity index (χ0v) is 16.4. The fraction of sp³-hybridized carbons (Fsp3) is 0.381. The highest BCUT2D eigenvalue weighted by Crippen LogP contribution is 2.33. The first-order valence-electron chi connectivity index (χ1n) is 9.19. The lowest BCUT2D eigenvalue weighted by Crippen LogP contribution is -2.47. The smallest absolute Gasteiger partial charge is 0.227 e. The van der Waals surface area contributed by atoms with E-state index in [2.05, 4.69) is 4.98 Å². The van der Waals surface area contributed by atoms with Gasteiger partial charge in [-0.05, 0) is 43.0 Å². The highest BCUT2D eigenvalue weighted by Gasteiger charge is 2.34. The van der Waals surface area contributed by atoms with Gasteiger partial charge in [-0.25, -0.2) is 0 Å². The fourth-order valence-electron chi connectivity index (χ4n) is 3.64. The molecular formula is C21H22ClN3O3. The minimum atomic E-state index is -0.877.